The molecule has 0 amide bonds. The molecule has 0 bridgehead atoms. The molecule has 0 saturated heterocycles. The van der Waals surface area contributed by atoms with Crippen molar-refractivity contribution in [3.8, 4) is 6.07 Å². The van der Waals surface area contributed by atoms with E-state index in [1.54, 1.807) is 0 Å². The summed E-state index contributed by atoms with van der Waals surface area (Å²) >= 11 is 4.69. The molecule has 0 aromatic rings. The maximum absolute atomic E-state index is 9.86. The van der Waals surface area contributed by atoms with E-state index >= 15 is 0 Å². The van der Waals surface area contributed by atoms with Gasteiger partial charge in [0.25, 0.3) is 5.24 Å². The fraction of sp³-hybridized carbons (Fsp3) is 0. The molecule has 0 radical (unpaired) electrons. The van der Waals surface area contributed by atoms with Crippen molar-refractivity contribution < 1.29 is 10.0 Å². The maximum atomic E-state index is 9.86. The minimum absolute atomic E-state index is 0.702. The average molecular weight is 133 g/mol. The first kappa shape index (κ1) is 6.92. The molecule has 0 atom stereocenters. The van der Waals surface area contributed by atoms with Crippen molar-refractivity contribution in [3.05, 3.63) is 0 Å². The summed E-state index contributed by atoms with van der Waals surface area (Å²) in [5, 5.41) is 16.8. The number of hydrogen-bond acceptors (Lipinski definition) is 4. The van der Waals surface area contributed by atoms with E-state index in [0.717, 1.165) is 0 Å². The Morgan fingerprint density at radius 3 is 2.38 bits per heavy atom. The van der Waals surface area contributed by atoms with Crippen LogP contribution in [0.4, 0.5) is 0 Å². The van der Waals surface area contributed by atoms with Gasteiger partial charge in [0.2, 0.25) is 5.71 Å². The van der Waals surface area contributed by atoms with E-state index < -0.39 is 11.0 Å². The van der Waals surface area contributed by atoms with Crippen LogP contribution in [0.2, 0.25) is 0 Å². The molecule has 5 heteroatoms. The molecule has 42 valence electrons. The highest BCUT2D eigenvalue weighted by atomic mass is 35.5. The highest BCUT2D eigenvalue weighted by Gasteiger charge is 2.04. The van der Waals surface area contributed by atoms with E-state index in [1.165, 1.54) is 6.07 Å². The van der Waals surface area contributed by atoms with Gasteiger partial charge >= 0.3 is 0 Å². The highest BCUT2D eigenvalue weighted by Crippen LogP contribution is 1.82. The second-order valence-electron chi connectivity index (χ2n) is 0.834. The fourth-order valence-electron chi connectivity index (χ4n) is 0.106. The number of nitriles is 1. The van der Waals surface area contributed by atoms with Crippen LogP contribution in [-0.4, -0.2) is 16.2 Å². The summed E-state index contributed by atoms with van der Waals surface area (Å²) in [4.78, 5) is 9.86. The molecule has 0 aliphatic rings. The summed E-state index contributed by atoms with van der Waals surface area (Å²) in [5.74, 6) is 0. The maximum Gasteiger partial charge on any atom is 0.285 e. The van der Waals surface area contributed by atoms with Gasteiger partial charge < -0.3 is 5.21 Å². The number of rotatable bonds is 1. The first-order valence-electron chi connectivity index (χ1n) is 1.54. The zero-order valence-corrected chi connectivity index (χ0v) is 4.38. The predicted octanol–water partition coefficient (Wildman–Crippen LogP) is 0.106. The third-order valence-corrected chi connectivity index (χ3v) is 0.571. The molecule has 0 aromatic heterocycles. The molecule has 4 nitrogen and oxygen atoms in total. The van der Waals surface area contributed by atoms with Crippen LogP contribution >= 0.6 is 11.6 Å². The number of halogens is 1. The molecule has 0 aromatic carbocycles. The van der Waals surface area contributed by atoms with Gasteiger partial charge in [-0.05, 0) is 11.6 Å². The van der Waals surface area contributed by atoms with Crippen molar-refractivity contribution in [1.29, 1.82) is 5.26 Å². The van der Waals surface area contributed by atoms with Crippen molar-refractivity contribution in [2.75, 3.05) is 0 Å². The second-order valence-corrected chi connectivity index (χ2v) is 1.18. The van der Waals surface area contributed by atoms with Gasteiger partial charge in [0.05, 0.1) is 0 Å². The fourth-order valence-corrected chi connectivity index (χ4v) is 0.186. The summed E-state index contributed by atoms with van der Waals surface area (Å²) in [6.45, 7) is 0. The predicted molar refractivity (Wildman–Crippen MR) is 25.7 cm³/mol. The van der Waals surface area contributed by atoms with Gasteiger partial charge in [0, 0.05) is 0 Å². The van der Waals surface area contributed by atoms with Crippen LogP contribution < -0.4 is 0 Å². The lowest BCUT2D eigenvalue weighted by Gasteiger charge is -1.76. The molecule has 0 fully saturated rings. The van der Waals surface area contributed by atoms with Gasteiger partial charge in [-0.15, -0.1) is 0 Å². The Kier molecular flexibility index (Phi) is 2.59. The Morgan fingerprint density at radius 2 is 2.38 bits per heavy atom. The van der Waals surface area contributed by atoms with Gasteiger partial charge in [0.1, 0.15) is 6.07 Å². The van der Waals surface area contributed by atoms with Crippen molar-refractivity contribution in [1.82, 2.24) is 0 Å². The number of hydrogen-bond donors (Lipinski definition) is 1. The summed E-state index contributed by atoms with van der Waals surface area (Å²) in [5.41, 5.74) is -0.702. The molecule has 0 unspecified atom stereocenters. The second kappa shape index (κ2) is 2.99. The van der Waals surface area contributed by atoms with Crippen LogP contribution in [0.3, 0.4) is 0 Å². The van der Waals surface area contributed by atoms with Crippen LogP contribution in [-0.2, 0) is 4.79 Å². The Bertz CT molecular complexity index is 169. The molecule has 0 aliphatic heterocycles. The Morgan fingerprint density at radius 1 is 1.88 bits per heavy atom. The minimum Gasteiger partial charge on any atom is -0.410 e. The van der Waals surface area contributed by atoms with E-state index in [1.807, 2.05) is 0 Å². The van der Waals surface area contributed by atoms with Gasteiger partial charge in [-0.3, -0.25) is 4.79 Å². The van der Waals surface area contributed by atoms with E-state index in [-0.39, 0.29) is 0 Å². The summed E-state index contributed by atoms with van der Waals surface area (Å²) in [6, 6.07) is 1.27. The Balaban J connectivity index is 4.20. The Labute approximate surface area is 50.0 Å². The first-order chi connectivity index (χ1) is 3.72. The monoisotopic (exact) mass is 132 g/mol. The molecule has 1 N–H and O–H groups in total. The number of carbonyl (C=O) groups is 1. The van der Waals surface area contributed by atoms with E-state index in [0.29, 0.717) is 0 Å². The Hall–Kier alpha value is -1.08. The minimum atomic E-state index is -1.06. The summed E-state index contributed by atoms with van der Waals surface area (Å²) in [7, 11) is 0. The van der Waals surface area contributed by atoms with Gasteiger partial charge in [-0.2, -0.15) is 5.26 Å². The third-order valence-electron chi connectivity index (χ3n) is 0.392. The first-order valence-corrected chi connectivity index (χ1v) is 1.92. The van der Waals surface area contributed by atoms with Crippen LogP contribution in [0.5, 0.6) is 0 Å². The lowest BCUT2D eigenvalue weighted by Crippen LogP contribution is -2.02. The molecular formula is C3HClN2O2. The molecule has 0 spiro atoms. The number of carbonyl (C=O) groups excluding carboxylic acids is 1. The summed E-state index contributed by atoms with van der Waals surface area (Å²) < 4.78 is 0. The normalized spacial score (nSPS) is 10.2. The zero-order valence-electron chi connectivity index (χ0n) is 3.63. The quantitative estimate of drug-likeness (QED) is 0.238. The summed E-state index contributed by atoms with van der Waals surface area (Å²) in [6.07, 6.45) is 0. The SMILES string of the molecule is N#CC(=NO)C(=O)Cl. The van der Waals surface area contributed by atoms with Crippen molar-refractivity contribution in [3.63, 3.8) is 0 Å². The topological polar surface area (TPSA) is 73.4 Å². The van der Waals surface area contributed by atoms with E-state index in [4.69, 9.17) is 22.1 Å². The van der Waals surface area contributed by atoms with Crippen LogP contribution in [0, 0.1) is 11.3 Å². The molecule has 0 heterocycles. The largest absolute Gasteiger partial charge is 0.410 e. The van der Waals surface area contributed by atoms with Crippen LogP contribution in [0.1, 0.15) is 0 Å². The molecular weight excluding hydrogens is 131 g/mol. The van der Waals surface area contributed by atoms with Crippen LogP contribution in [0.15, 0.2) is 5.16 Å². The van der Waals surface area contributed by atoms with Crippen molar-refractivity contribution in [2.45, 2.75) is 0 Å². The smallest absolute Gasteiger partial charge is 0.285 e. The lowest BCUT2D eigenvalue weighted by atomic mass is 10.5. The molecule has 0 aliphatic carbocycles. The van der Waals surface area contributed by atoms with E-state index in [9.17, 15) is 4.79 Å². The van der Waals surface area contributed by atoms with Crippen molar-refractivity contribution in [2.24, 2.45) is 5.16 Å². The lowest BCUT2D eigenvalue weighted by molar-refractivity contribution is -0.106. The number of nitrogens with zero attached hydrogens (tertiary/aromatic N) is 2. The zero-order chi connectivity index (χ0) is 6.57. The van der Waals surface area contributed by atoms with Gasteiger partial charge in [-0.1, -0.05) is 5.16 Å². The molecule has 0 rings (SSSR count). The number of oxime groups is 1. The molecule has 8 heavy (non-hydrogen) atoms. The average Bonchev–Trinajstić information content (AvgIpc) is 1.69. The highest BCUT2D eigenvalue weighted by molar-refractivity contribution is 6.84. The van der Waals surface area contributed by atoms with Gasteiger partial charge in [-0.25, -0.2) is 0 Å². The van der Waals surface area contributed by atoms with Crippen LogP contribution in [0.25, 0.3) is 0 Å². The van der Waals surface area contributed by atoms with Crippen molar-refractivity contribution >= 4 is 22.6 Å². The van der Waals surface area contributed by atoms with Gasteiger partial charge in [0.15, 0.2) is 0 Å². The standard InChI is InChI=1S/C3HClN2O2/c4-3(7)2(1-5)6-8/h8H. The van der Waals surface area contributed by atoms with E-state index in [2.05, 4.69) is 5.16 Å². The third kappa shape index (κ3) is 1.58. The molecule has 0 saturated carbocycles.